The predicted octanol–water partition coefficient (Wildman–Crippen LogP) is 2.62. The Hall–Kier alpha value is -1.03. The Morgan fingerprint density at radius 2 is 1.83 bits per heavy atom. The molecule has 0 radical (unpaired) electrons. The van der Waals surface area contributed by atoms with Crippen LogP contribution in [0.15, 0.2) is 0 Å². The van der Waals surface area contributed by atoms with Gasteiger partial charge in [-0.2, -0.15) is 5.26 Å². The van der Waals surface area contributed by atoms with Gasteiger partial charge in [0, 0.05) is 17.5 Å². The second kappa shape index (κ2) is 5.74. The topological polar surface area (TPSA) is 45.0 Å². The minimum absolute atomic E-state index is 0.0553. The number of piperidine rings is 1. The molecule has 1 aliphatic rings. The lowest BCUT2D eigenvalue weighted by atomic mass is 9.81. The van der Waals surface area contributed by atoms with Crippen LogP contribution >= 0.6 is 0 Å². The van der Waals surface area contributed by atoms with Crippen molar-refractivity contribution in [2.75, 3.05) is 0 Å². The Morgan fingerprint density at radius 3 is 2.28 bits per heavy atom. The number of terminal acetylenes is 1. The monoisotopic (exact) mass is 248 g/mol. The van der Waals surface area contributed by atoms with Crippen LogP contribution in [0, 0.1) is 23.7 Å². The average molecular weight is 248 g/mol. The maximum atomic E-state index is 8.79. The molecule has 0 bridgehead atoms. The summed E-state index contributed by atoms with van der Waals surface area (Å²) in [5.41, 5.74) is 0.111. The Labute approximate surface area is 111 Å². The number of nitrogens with one attached hydrogen (secondary N) is 1. The van der Waals surface area contributed by atoms with Crippen molar-refractivity contribution in [3.63, 3.8) is 0 Å². The molecule has 0 aromatic heterocycles. The van der Waals surface area contributed by atoms with E-state index in [0.717, 1.165) is 12.8 Å². The van der Waals surface area contributed by atoms with Gasteiger partial charge in [0.05, 0.1) is 24.7 Å². The molecule has 0 aromatic rings. The fourth-order valence-corrected chi connectivity index (χ4v) is 3.00. The van der Waals surface area contributed by atoms with Crippen molar-refractivity contribution < 1.29 is 4.74 Å². The van der Waals surface area contributed by atoms with Gasteiger partial charge in [-0.15, -0.1) is 12.3 Å². The number of rotatable bonds is 4. The molecule has 1 aliphatic heterocycles. The van der Waals surface area contributed by atoms with Crippen molar-refractivity contribution >= 4 is 0 Å². The van der Waals surface area contributed by atoms with Gasteiger partial charge in [0.15, 0.2) is 0 Å². The highest BCUT2D eigenvalue weighted by atomic mass is 16.5. The number of hydrogen-bond donors (Lipinski definition) is 1. The zero-order chi connectivity index (χ0) is 13.8. The largest absolute Gasteiger partial charge is 0.373 e. The molecule has 1 atom stereocenters. The first-order valence-electron chi connectivity index (χ1n) is 6.53. The van der Waals surface area contributed by atoms with Crippen LogP contribution < -0.4 is 5.32 Å². The molecule has 100 valence electrons. The van der Waals surface area contributed by atoms with Crippen molar-refractivity contribution in [3.05, 3.63) is 0 Å². The van der Waals surface area contributed by atoms with Gasteiger partial charge in [-0.3, -0.25) is 0 Å². The second-order valence-electron chi connectivity index (χ2n) is 6.45. The van der Waals surface area contributed by atoms with E-state index in [0.29, 0.717) is 12.8 Å². The zero-order valence-electron chi connectivity index (χ0n) is 11.9. The lowest BCUT2D eigenvalue weighted by Crippen LogP contribution is -2.59. The van der Waals surface area contributed by atoms with E-state index < -0.39 is 0 Å². The summed E-state index contributed by atoms with van der Waals surface area (Å²) in [6.07, 6.45) is 8.14. The molecule has 0 amide bonds. The van der Waals surface area contributed by atoms with Gasteiger partial charge in [-0.25, -0.2) is 0 Å². The molecular weight excluding hydrogens is 224 g/mol. The van der Waals surface area contributed by atoms with Crippen molar-refractivity contribution in [3.8, 4) is 18.4 Å². The quantitative estimate of drug-likeness (QED) is 0.778. The Bertz CT molecular complexity index is 328. The van der Waals surface area contributed by atoms with E-state index in [9.17, 15) is 0 Å². The SMILES string of the molecule is C#CCC(CC#N)OC1CC(C)(C)NC(C)(C)C1. The highest BCUT2D eigenvalue weighted by Gasteiger charge is 2.38. The van der Waals surface area contributed by atoms with Crippen LogP contribution in [0.5, 0.6) is 0 Å². The molecule has 0 aromatic carbocycles. The van der Waals surface area contributed by atoms with Gasteiger partial charge in [0.2, 0.25) is 0 Å². The molecule has 1 N–H and O–H groups in total. The number of nitriles is 1. The summed E-state index contributed by atoms with van der Waals surface area (Å²) in [6.45, 7) is 8.74. The van der Waals surface area contributed by atoms with Gasteiger partial charge in [0.1, 0.15) is 0 Å². The maximum absolute atomic E-state index is 8.79. The van der Waals surface area contributed by atoms with E-state index >= 15 is 0 Å². The van der Waals surface area contributed by atoms with E-state index in [1.165, 1.54) is 0 Å². The molecule has 1 rings (SSSR count). The third-order valence-corrected chi connectivity index (χ3v) is 3.20. The van der Waals surface area contributed by atoms with Gasteiger partial charge in [0.25, 0.3) is 0 Å². The Balaban J connectivity index is 2.65. The van der Waals surface area contributed by atoms with Crippen molar-refractivity contribution in [2.24, 2.45) is 0 Å². The zero-order valence-corrected chi connectivity index (χ0v) is 11.9. The lowest BCUT2D eigenvalue weighted by Gasteiger charge is -2.46. The summed E-state index contributed by atoms with van der Waals surface area (Å²) in [6, 6.07) is 2.15. The number of nitrogens with zero attached hydrogens (tertiary/aromatic N) is 1. The standard InChI is InChI=1S/C15H24N2O/c1-6-7-12(8-9-16)18-13-10-14(2,3)17-15(4,5)11-13/h1,12-13,17H,7-8,10-11H2,2-5H3. The normalized spacial score (nSPS) is 23.9. The summed E-state index contributed by atoms with van der Waals surface area (Å²) in [5.74, 6) is 2.59. The molecule has 1 fully saturated rings. The molecule has 3 nitrogen and oxygen atoms in total. The molecule has 1 unspecified atom stereocenters. The average Bonchev–Trinajstić information content (AvgIpc) is 2.12. The fourth-order valence-electron chi connectivity index (χ4n) is 3.00. The van der Waals surface area contributed by atoms with Crippen LogP contribution in [0.4, 0.5) is 0 Å². The van der Waals surface area contributed by atoms with Gasteiger partial charge < -0.3 is 10.1 Å². The third kappa shape index (κ3) is 4.69. The highest BCUT2D eigenvalue weighted by Crippen LogP contribution is 2.31. The van der Waals surface area contributed by atoms with Gasteiger partial charge >= 0.3 is 0 Å². The van der Waals surface area contributed by atoms with Crippen LogP contribution in [0.2, 0.25) is 0 Å². The van der Waals surface area contributed by atoms with E-state index in [1.54, 1.807) is 0 Å². The molecule has 0 spiro atoms. The maximum Gasteiger partial charge on any atom is 0.0817 e. The molecule has 1 saturated heterocycles. The van der Waals surface area contributed by atoms with E-state index in [2.05, 4.69) is 45.0 Å². The summed E-state index contributed by atoms with van der Waals surface area (Å²) in [4.78, 5) is 0. The second-order valence-corrected chi connectivity index (χ2v) is 6.45. The Morgan fingerprint density at radius 1 is 1.28 bits per heavy atom. The molecular formula is C15H24N2O. The van der Waals surface area contributed by atoms with Crippen LogP contribution in [0.3, 0.4) is 0 Å². The molecule has 1 heterocycles. The first-order valence-corrected chi connectivity index (χ1v) is 6.53. The minimum Gasteiger partial charge on any atom is -0.373 e. The Kier molecular flexibility index (Phi) is 4.79. The molecule has 3 heteroatoms. The number of ether oxygens (including phenoxy) is 1. The van der Waals surface area contributed by atoms with Crippen LogP contribution in [-0.2, 0) is 4.74 Å². The van der Waals surface area contributed by atoms with Crippen molar-refractivity contribution in [1.82, 2.24) is 5.32 Å². The van der Waals surface area contributed by atoms with Crippen LogP contribution in [0.1, 0.15) is 53.4 Å². The smallest absolute Gasteiger partial charge is 0.0817 e. The van der Waals surface area contributed by atoms with Crippen molar-refractivity contribution in [1.29, 1.82) is 5.26 Å². The molecule has 0 saturated carbocycles. The summed E-state index contributed by atoms with van der Waals surface area (Å²) < 4.78 is 6.04. The van der Waals surface area contributed by atoms with Gasteiger partial charge in [-0.1, -0.05) is 0 Å². The van der Waals surface area contributed by atoms with Gasteiger partial charge in [-0.05, 0) is 40.5 Å². The fraction of sp³-hybridized carbons (Fsp3) is 0.800. The van der Waals surface area contributed by atoms with E-state index in [1.807, 2.05) is 0 Å². The summed E-state index contributed by atoms with van der Waals surface area (Å²) in [7, 11) is 0. The van der Waals surface area contributed by atoms with E-state index in [4.69, 9.17) is 16.4 Å². The highest BCUT2D eigenvalue weighted by molar-refractivity contribution is 4.99. The predicted molar refractivity (Wildman–Crippen MR) is 72.9 cm³/mol. The third-order valence-electron chi connectivity index (χ3n) is 3.20. The van der Waals surface area contributed by atoms with Crippen molar-refractivity contribution in [2.45, 2.75) is 76.7 Å². The first kappa shape index (κ1) is 15.0. The molecule has 0 aliphatic carbocycles. The lowest BCUT2D eigenvalue weighted by molar-refractivity contribution is -0.0601. The van der Waals surface area contributed by atoms with Crippen LogP contribution in [0.25, 0.3) is 0 Å². The first-order chi connectivity index (χ1) is 8.28. The number of hydrogen-bond acceptors (Lipinski definition) is 3. The summed E-state index contributed by atoms with van der Waals surface area (Å²) >= 11 is 0. The minimum atomic E-state index is -0.130. The van der Waals surface area contributed by atoms with Crippen LogP contribution in [-0.4, -0.2) is 23.3 Å². The van der Waals surface area contributed by atoms with E-state index in [-0.39, 0.29) is 23.3 Å². The summed E-state index contributed by atoms with van der Waals surface area (Å²) in [5, 5.41) is 12.4. The molecule has 18 heavy (non-hydrogen) atoms.